The smallest absolute Gasteiger partial charge is 0.344 e. The van der Waals surface area contributed by atoms with E-state index in [1.807, 2.05) is 13.8 Å². The topological polar surface area (TPSA) is 88.1 Å². The van der Waals surface area contributed by atoms with Crippen molar-refractivity contribution in [2.75, 3.05) is 19.8 Å². The molecule has 6 atom stereocenters. The summed E-state index contributed by atoms with van der Waals surface area (Å²) >= 11 is 0. The van der Waals surface area contributed by atoms with Gasteiger partial charge in [-0.3, -0.25) is 9.59 Å². The van der Waals surface area contributed by atoms with Crippen molar-refractivity contribution in [3.8, 4) is 0 Å². The Morgan fingerprint density at radius 1 is 1.15 bits per heavy atom. The van der Waals surface area contributed by atoms with Crippen LogP contribution >= 0.6 is 0 Å². The summed E-state index contributed by atoms with van der Waals surface area (Å²) in [6.45, 7) is 7.79. The van der Waals surface area contributed by atoms with Gasteiger partial charge in [-0.05, 0) is 33.6 Å². The molecule has 3 rings (SSSR count). The molecule has 7 heteroatoms. The molecular formula is C19H28O7. The zero-order valence-corrected chi connectivity index (χ0v) is 15.9. The molecule has 0 amide bonds. The van der Waals surface area contributed by atoms with Crippen LogP contribution in [0.25, 0.3) is 0 Å². The number of esters is 3. The summed E-state index contributed by atoms with van der Waals surface area (Å²) in [5.74, 6) is -1.12. The van der Waals surface area contributed by atoms with Gasteiger partial charge in [-0.2, -0.15) is 0 Å². The normalized spacial score (nSPS) is 35.2. The van der Waals surface area contributed by atoms with E-state index in [2.05, 4.69) is 0 Å². The Morgan fingerprint density at radius 2 is 1.88 bits per heavy atom. The van der Waals surface area contributed by atoms with Crippen LogP contribution in [0.3, 0.4) is 0 Å². The predicted molar refractivity (Wildman–Crippen MR) is 89.9 cm³/mol. The number of fused-ring (bicyclic) bond motifs is 5. The van der Waals surface area contributed by atoms with Gasteiger partial charge in [-0.1, -0.05) is 6.92 Å². The minimum atomic E-state index is -0.630. The van der Waals surface area contributed by atoms with Crippen LogP contribution in [0.2, 0.25) is 0 Å². The van der Waals surface area contributed by atoms with Gasteiger partial charge >= 0.3 is 17.9 Å². The first-order chi connectivity index (χ1) is 12.3. The second-order valence-corrected chi connectivity index (χ2v) is 8.07. The third-order valence-electron chi connectivity index (χ3n) is 6.26. The maximum atomic E-state index is 12.2. The van der Waals surface area contributed by atoms with Crippen molar-refractivity contribution in [2.45, 2.75) is 52.7 Å². The van der Waals surface area contributed by atoms with Crippen molar-refractivity contribution >= 4 is 17.9 Å². The van der Waals surface area contributed by atoms with Crippen molar-refractivity contribution in [2.24, 2.45) is 29.1 Å². The van der Waals surface area contributed by atoms with Gasteiger partial charge in [-0.25, -0.2) is 4.79 Å². The van der Waals surface area contributed by atoms with Crippen molar-refractivity contribution < 1.29 is 33.3 Å². The maximum Gasteiger partial charge on any atom is 0.344 e. The standard InChI is InChI=1S/C19H28O7/c1-5-19(3,4)18(22)25-9-13(20)26-16-10-7-11(15(16)23-6-2)14-12(10)8-24-17(14)21/h10-12,14-16H,5-9H2,1-4H3. The largest absolute Gasteiger partial charge is 0.465 e. The van der Waals surface area contributed by atoms with Crippen molar-refractivity contribution in [1.29, 1.82) is 0 Å². The zero-order chi connectivity index (χ0) is 19.1. The van der Waals surface area contributed by atoms with Crippen LogP contribution in [-0.2, 0) is 33.3 Å². The van der Waals surface area contributed by atoms with Crippen LogP contribution in [0.15, 0.2) is 0 Å². The molecule has 1 heterocycles. The Balaban J connectivity index is 1.61. The minimum Gasteiger partial charge on any atom is -0.465 e. The van der Waals surface area contributed by atoms with E-state index in [0.717, 1.165) is 6.42 Å². The molecule has 0 aromatic carbocycles. The van der Waals surface area contributed by atoms with E-state index >= 15 is 0 Å². The summed E-state index contributed by atoms with van der Waals surface area (Å²) in [5.41, 5.74) is -0.630. The lowest BCUT2D eigenvalue weighted by atomic mass is 9.78. The van der Waals surface area contributed by atoms with E-state index in [0.29, 0.717) is 19.6 Å². The highest BCUT2D eigenvalue weighted by molar-refractivity contribution is 5.80. The molecule has 2 bridgehead atoms. The molecule has 1 saturated heterocycles. The van der Waals surface area contributed by atoms with Crippen LogP contribution in [0, 0.1) is 29.1 Å². The molecule has 3 aliphatic rings. The highest BCUT2D eigenvalue weighted by atomic mass is 16.6. The summed E-state index contributed by atoms with van der Waals surface area (Å²) in [4.78, 5) is 36.2. The molecule has 0 aromatic rings. The average Bonchev–Trinajstić information content (AvgIpc) is 3.26. The molecule has 0 spiro atoms. The Bertz CT molecular complexity index is 584. The lowest BCUT2D eigenvalue weighted by Crippen LogP contribution is -2.46. The van der Waals surface area contributed by atoms with Crippen LogP contribution < -0.4 is 0 Å². The van der Waals surface area contributed by atoms with Crippen LogP contribution in [-0.4, -0.2) is 49.9 Å². The van der Waals surface area contributed by atoms with Gasteiger partial charge in [0.25, 0.3) is 0 Å². The Morgan fingerprint density at radius 3 is 2.54 bits per heavy atom. The van der Waals surface area contributed by atoms with Gasteiger partial charge in [0, 0.05) is 24.4 Å². The third kappa shape index (κ3) is 3.21. The molecule has 2 aliphatic carbocycles. The Kier molecular flexibility index (Phi) is 5.28. The zero-order valence-electron chi connectivity index (χ0n) is 15.9. The fourth-order valence-electron chi connectivity index (χ4n) is 4.49. The Hall–Kier alpha value is -1.63. The van der Waals surface area contributed by atoms with E-state index in [1.54, 1.807) is 13.8 Å². The monoisotopic (exact) mass is 368 g/mol. The van der Waals surface area contributed by atoms with Crippen molar-refractivity contribution in [3.63, 3.8) is 0 Å². The van der Waals surface area contributed by atoms with E-state index in [1.165, 1.54) is 0 Å². The average molecular weight is 368 g/mol. The fourth-order valence-corrected chi connectivity index (χ4v) is 4.49. The van der Waals surface area contributed by atoms with Crippen LogP contribution in [0.1, 0.15) is 40.5 Å². The summed E-state index contributed by atoms with van der Waals surface area (Å²) < 4.78 is 21.8. The van der Waals surface area contributed by atoms with Crippen LogP contribution in [0.5, 0.6) is 0 Å². The number of cyclic esters (lactones) is 1. The Labute approximate surface area is 153 Å². The fraction of sp³-hybridized carbons (Fsp3) is 0.842. The molecule has 146 valence electrons. The highest BCUT2D eigenvalue weighted by Crippen LogP contribution is 2.57. The summed E-state index contributed by atoms with van der Waals surface area (Å²) in [6, 6.07) is 0. The minimum absolute atomic E-state index is 0.0272. The van der Waals surface area contributed by atoms with Gasteiger partial charge < -0.3 is 18.9 Å². The predicted octanol–water partition coefficient (Wildman–Crippen LogP) is 1.72. The van der Waals surface area contributed by atoms with Crippen molar-refractivity contribution in [1.82, 2.24) is 0 Å². The molecule has 2 saturated carbocycles. The van der Waals surface area contributed by atoms with Crippen molar-refractivity contribution in [3.05, 3.63) is 0 Å². The lowest BCUT2D eigenvalue weighted by Gasteiger charge is -2.35. The molecule has 6 unspecified atom stereocenters. The number of carbonyl (C=O) groups is 3. The molecule has 0 aromatic heterocycles. The van der Waals surface area contributed by atoms with E-state index in [4.69, 9.17) is 18.9 Å². The second kappa shape index (κ2) is 7.18. The molecule has 0 radical (unpaired) electrons. The van der Waals surface area contributed by atoms with Gasteiger partial charge in [0.2, 0.25) is 0 Å². The third-order valence-corrected chi connectivity index (χ3v) is 6.26. The molecule has 26 heavy (non-hydrogen) atoms. The molecule has 3 fully saturated rings. The SMILES string of the molecule is CCOC1C2CC(C3COC(=O)C32)C1OC(=O)COC(=O)C(C)(C)CC. The maximum absolute atomic E-state index is 12.2. The summed E-state index contributed by atoms with van der Waals surface area (Å²) in [5, 5.41) is 0. The number of rotatable bonds is 7. The number of carbonyl (C=O) groups excluding carboxylic acids is 3. The first-order valence-corrected chi connectivity index (χ1v) is 9.45. The van der Waals surface area contributed by atoms with E-state index in [9.17, 15) is 14.4 Å². The molecule has 0 N–H and O–H groups in total. The number of hydrogen-bond acceptors (Lipinski definition) is 7. The first-order valence-electron chi connectivity index (χ1n) is 9.45. The summed E-state index contributed by atoms with van der Waals surface area (Å²) in [7, 11) is 0. The molecular weight excluding hydrogens is 340 g/mol. The quantitative estimate of drug-likeness (QED) is 0.499. The summed E-state index contributed by atoms with van der Waals surface area (Å²) in [6.07, 6.45) is 0.705. The van der Waals surface area contributed by atoms with Gasteiger partial charge in [0.15, 0.2) is 6.61 Å². The number of hydrogen-bond donors (Lipinski definition) is 0. The first kappa shape index (κ1) is 19.1. The molecule has 7 nitrogen and oxygen atoms in total. The highest BCUT2D eigenvalue weighted by Gasteiger charge is 2.65. The van der Waals surface area contributed by atoms with Crippen LogP contribution in [0.4, 0.5) is 0 Å². The van der Waals surface area contributed by atoms with Gasteiger partial charge in [0.05, 0.1) is 24.0 Å². The number of ether oxygens (including phenoxy) is 4. The second-order valence-electron chi connectivity index (χ2n) is 8.07. The van der Waals surface area contributed by atoms with E-state index < -0.39 is 30.1 Å². The van der Waals surface area contributed by atoms with Gasteiger partial charge in [0.1, 0.15) is 6.10 Å². The van der Waals surface area contributed by atoms with Gasteiger partial charge in [-0.15, -0.1) is 0 Å². The lowest BCUT2D eigenvalue weighted by molar-refractivity contribution is -0.177. The molecule has 1 aliphatic heterocycles. The van der Waals surface area contributed by atoms with E-state index in [-0.39, 0.29) is 35.7 Å².